The maximum atomic E-state index is 9.22. The molecule has 2 N–H and O–H groups in total. The van der Waals surface area contributed by atoms with Gasteiger partial charge in [0.2, 0.25) is 0 Å². The molecule has 1 aromatic rings. The van der Waals surface area contributed by atoms with Crippen molar-refractivity contribution in [3.63, 3.8) is 0 Å². The lowest BCUT2D eigenvalue weighted by Crippen LogP contribution is -2.13. The highest BCUT2D eigenvalue weighted by atomic mass is 16.4. The first-order valence-electron chi connectivity index (χ1n) is 4.71. The number of hydrogen-bond donors (Lipinski definition) is 2. The van der Waals surface area contributed by atoms with Crippen LogP contribution in [0.15, 0.2) is 30.3 Å². The van der Waals surface area contributed by atoms with Crippen molar-refractivity contribution in [1.82, 2.24) is 0 Å². The number of benzene rings is 1. The predicted molar refractivity (Wildman–Crippen MR) is 57.6 cm³/mol. The van der Waals surface area contributed by atoms with Gasteiger partial charge in [-0.1, -0.05) is 44.2 Å². The summed E-state index contributed by atoms with van der Waals surface area (Å²) in [6.45, 7) is 4.14. The van der Waals surface area contributed by atoms with E-state index in [1.165, 1.54) is 0 Å². The van der Waals surface area contributed by atoms with Gasteiger partial charge < -0.3 is 10.0 Å². The Morgan fingerprint density at radius 3 is 2.43 bits per heavy atom. The van der Waals surface area contributed by atoms with Gasteiger partial charge in [-0.25, -0.2) is 0 Å². The van der Waals surface area contributed by atoms with Crippen LogP contribution < -0.4 is 0 Å². The molecule has 0 aromatic heterocycles. The van der Waals surface area contributed by atoms with Crippen molar-refractivity contribution >= 4 is 12.6 Å². The Morgan fingerprint density at radius 2 is 1.79 bits per heavy atom. The fourth-order valence-electron chi connectivity index (χ4n) is 2.05. The highest BCUT2D eigenvalue weighted by Crippen LogP contribution is 2.40. The fraction of sp³-hybridized carbons (Fsp3) is 0.273. The Labute approximate surface area is 84.0 Å². The van der Waals surface area contributed by atoms with E-state index in [0.29, 0.717) is 5.47 Å². The minimum Gasteiger partial charge on any atom is -0.423 e. The zero-order valence-corrected chi connectivity index (χ0v) is 8.36. The molecule has 1 aliphatic rings. The molecule has 0 saturated carbocycles. The van der Waals surface area contributed by atoms with Gasteiger partial charge in [0.15, 0.2) is 0 Å². The van der Waals surface area contributed by atoms with Crippen LogP contribution in [0.5, 0.6) is 0 Å². The van der Waals surface area contributed by atoms with Gasteiger partial charge in [0.25, 0.3) is 0 Å². The number of hydrogen-bond acceptors (Lipinski definition) is 2. The summed E-state index contributed by atoms with van der Waals surface area (Å²) in [4.78, 5) is 0. The molecule has 0 radical (unpaired) electrons. The summed E-state index contributed by atoms with van der Waals surface area (Å²) in [7, 11) is -1.38. The maximum absolute atomic E-state index is 9.22. The second-order valence-electron chi connectivity index (χ2n) is 4.24. The molecule has 1 aliphatic carbocycles. The molecule has 0 spiro atoms. The van der Waals surface area contributed by atoms with Gasteiger partial charge in [-0.2, -0.15) is 0 Å². The first-order chi connectivity index (χ1) is 6.52. The number of fused-ring (bicyclic) bond motifs is 1. The van der Waals surface area contributed by atoms with Crippen molar-refractivity contribution in [2.75, 3.05) is 0 Å². The molecular formula is C11H13BO2. The van der Waals surface area contributed by atoms with Gasteiger partial charge in [-0.05, 0) is 16.6 Å². The Hall–Kier alpha value is -1.06. The van der Waals surface area contributed by atoms with E-state index >= 15 is 0 Å². The van der Waals surface area contributed by atoms with Crippen LogP contribution in [0.3, 0.4) is 0 Å². The van der Waals surface area contributed by atoms with Gasteiger partial charge in [-0.15, -0.1) is 0 Å². The van der Waals surface area contributed by atoms with E-state index < -0.39 is 7.12 Å². The van der Waals surface area contributed by atoms with Crippen molar-refractivity contribution in [2.45, 2.75) is 19.3 Å². The lowest BCUT2D eigenvalue weighted by atomic mass is 9.76. The minimum absolute atomic E-state index is 0.102. The van der Waals surface area contributed by atoms with E-state index in [1.807, 2.05) is 30.3 Å². The quantitative estimate of drug-likeness (QED) is 0.653. The van der Waals surface area contributed by atoms with Crippen LogP contribution in [0.1, 0.15) is 25.0 Å². The van der Waals surface area contributed by atoms with Crippen molar-refractivity contribution in [1.29, 1.82) is 0 Å². The van der Waals surface area contributed by atoms with E-state index in [-0.39, 0.29) is 5.41 Å². The molecule has 0 amide bonds. The van der Waals surface area contributed by atoms with Crippen molar-refractivity contribution in [3.8, 4) is 0 Å². The number of rotatable bonds is 1. The highest BCUT2D eigenvalue weighted by molar-refractivity contribution is 6.66. The Balaban J connectivity index is 2.60. The first-order valence-corrected chi connectivity index (χ1v) is 4.71. The van der Waals surface area contributed by atoms with Crippen LogP contribution in [0.25, 0.3) is 5.47 Å². The van der Waals surface area contributed by atoms with Crippen LogP contribution in [0.4, 0.5) is 0 Å². The third kappa shape index (κ3) is 1.29. The third-order valence-corrected chi connectivity index (χ3v) is 2.73. The maximum Gasteiger partial charge on any atom is 0.488 e. The van der Waals surface area contributed by atoms with Crippen LogP contribution in [-0.2, 0) is 5.41 Å². The van der Waals surface area contributed by atoms with Crippen LogP contribution in [0, 0.1) is 0 Å². The van der Waals surface area contributed by atoms with E-state index in [2.05, 4.69) is 13.8 Å². The van der Waals surface area contributed by atoms with Gasteiger partial charge in [0, 0.05) is 5.41 Å². The lowest BCUT2D eigenvalue weighted by Gasteiger charge is -2.16. The van der Waals surface area contributed by atoms with Crippen LogP contribution in [0.2, 0.25) is 0 Å². The molecular weight excluding hydrogens is 175 g/mol. The van der Waals surface area contributed by atoms with Crippen molar-refractivity contribution in [3.05, 3.63) is 41.5 Å². The van der Waals surface area contributed by atoms with Gasteiger partial charge in [-0.3, -0.25) is 0 Å². The van der Waals surface area contributed by atoms with Gasteiger partial charge in [0.05, 0.1) is 0 Å². The molecule has 1 aromatic carbocycles. The van der Waals surface area contributed by atoms with Crippen molar-refractivity contribution < 1.29 is 10.0 Å². The van der Waals surface area contributed by atoms with Gasteiger partial charge in [0.1, 0.15) is 0 Å². The van der Waals surface area contributed by atoms with Crippen LogP contribution >= 0.6 is 0 Å². The zero-order valence-electron chi connectivity index (χ0n) is 8.36. The fourth-order valence-corrected chi connectivity index (χ4v) is 2.05. The lowest BCUT2D eigenvalue weighted by molar-refractivity contribution is 0.427. The molecule has 0 heterocycles. The monoisotopic (exact) mass is 188 g/mol. The molecule has 2 rings (SSSR count). The standard InChI is InChI=1S/C11H13BO2/c1-11(2)7-10(12(13)14)8-5-3-4-6-9(8)11/h3-7,13-14H,1-2H3. The molecule has 3 heteroatoms. The molecule has 0 bridgehead atoms. The third-order valence-electron chi connectivity index (χ3n) is 2.73. The summed E-state index contributed by atoms with van der Waals surface area (Å²) < 4.78 is 0. The highest BCUT2D eigenvalue weighted by Gasteiger charge is 2.33. The second-order valence-corrected chi connectivity index (χ2v) is 4.24. The normalized spacial score (nSPS) is 17.6. The molecule has 0 unspecified atom stereocenters. The van der Waals surface area contributed by atoms with Crippen molar-refractivity contribution in [2.24, 2.45) is 0 Å². The molecule has 0 fully saturated rings. The van der Waals surface area contributed by atoms with E-state index in [4.69, 9.17) is 0 Å². The van der Waals surface area contributed by atoms with E-state index in [9.17, 15) is 10.0 Å². The smallest absolute Gasteiger partial charge is 0.423 e. The summed E-state index contributed by atoms with van der Waals surface area (Å²) in [5.74, 6) is 0. The molecule has 14 heavy (non-hydrogen) atoms. The molecule has 0 saturated heterocycles. The minimum atomic E-state index is -1.38. The van der Waals surface area contributed by atoms with Gasteiger partial charge >= 0.3 is 7.12 Å². The zero-order chi connectivity index (χ0) is 10.3. The topological polar surface area (TPSA) is 40.5 Å². The predicted octanol–water partition coefficient (Wildman–Crippen LogP) is 1.37. The van der Waals surface area contributed by atoms with E-state index in [0.717, 1.165) is 11.1 Å². The van der Waals surface area contributed by atoms with Crippen LogP contribution in [-0.4, -0.2) is 17.2 Å². The molecule has 0 aliphatic heterocycles. The summed E-state index contributed by atoms with van der Waals surface area (Å²) >= 11 is 0. The summed E-state index contributed by atoms with van der Waals surface area (Å²) in [6, 6.07) is 7.84. The molecule has 2 nitrogen and oxygen atoms in total. The average Bonchev–Trinajstić information content (AvgIpc) is 2.40. The molecule has 0 atom stereocenters. The van der Waals surface area contributed by atoms with E-state index in [1.54, 1.807) is 0 Å². The Bertz CT molecular complexity index is 394. The summed E-state index contributed by atoms with van der Waals surface area (Å²) in [6.07, 6.45) is 1.92. The summed E-state index contributed by atoms with van der Waals surface area (Å²) in [5, 5.41) is 18.4. The second kappa shape index (κ2) is 2.97. The largest absolute Gasteiger partial charge is 0.488 e. The molecule has 72 valence electrons. The first kappa shape index (κ1) is 9.50. The summed E-state index contributed by atoms with van der Waals surface area (Å²) in [5.41, 5.74) is 2.62. The number of allylic oxidation sites excluding steroid dienone is 1. The SMILES string of the molecule is CC1(C)C=C(B(O)O)c2ccccc21. The average molecular weight is 188 g/mol. The Kier molecular flexibility index (Phi) is 2.02. The Morgan fingerprint density at radius 1 is 1.14 bits per heavy atom.